The molecular formula is C16H23N3OS. The Morgan fingerprint density at radius 2 is 2.24 bits per heavy atom. The van der Waals surface area contributed by atoms with Crippen LogP contribution in [-0.4, -0.2) is 24.0 Å². The van der Waals surface area contributed by atoms with Crippen LogP contribution in [0.15, 0.2) is 23.7 Å². The molecule has 2 rings (SSSR count). The molecule has 0 spiro atoms. The fraction of sp³-hybridized carbons (Fsp3) is 0.500. The van der Waals surface area contributed by atoms with Crippen molar-refractivity contribution in [2.24, 2.45) is 5.41 Å². The highest BCUT2D eigenvalue weighted by atomic mass is 32.1. The summed E-state index contributed by atoms with van der Waals surface area (Å²) in [5.41, 5.74) is 1.76. The Morgan fingerprint density at radius 1 is 1.48 bits per heavy atom. The minimum absolute atomic E-state index is 0.0801. The highest BCUT2D eigenvalue weighted by Gasteiger charge is 2.27. The third-order valence-corrected chi connectivity index (χ3v) is 4.48. The van der Waals surface area contributed by atoms with Gasteiger partial charge in [0, 0.05) is 25.3 Å². The summed E-state index contributed by atoms with van der Waals surface area (Å²) < 4.78 is 1.20. The first-order valence-electron chi connectivity index (χ1n) is 7.29. The Hall–Kier alpha value is -1.46. The zero-order chi connectivity index (χ0) is 15.5. The van der Waals surface area contributed by atoms with Crippen molar-refractivity contribution in [2.45, 2.75) is 33.7 Å². The van der Waals surface area contributed by atoms with Crippen LogP contribution in [0.3, 0.4) is 0 Å². The van der Waals surface area contributed by atoms with E-state index in [1.807, 2.05) is 33.0 Å². The van der Waals surface area contributed by atoms with Gasteiger partial charge in [-0.2, -0.15) is 0 Å². The van der Waals surface area contributed by atoms with E-state index in [0.717, 1.165) is 11.1 Å². The fourth-order valence-electron chi connectivity index (χ4n) is 2.10. The number of amides is 1. The van der Waals surface area contributed by atoms with E-state index in [4.69, 9.17) is 0 Å². The number of nitrogens with one attached hydrogen (secondary N) is 2. The quantitative estimate of drug-likeness (QED) is 0.862. The molecule has 2 N–H and O–H groups in total. The van der Waals surface area contributed by atoms with Gasteiger partial charge in [0.05, 0.1) is 15.6 Å². The number of aromatic nitrogens is 1. The topological polar surface area (TPSA) is 54.0 Å². The van der Waals surface area contributed by atoms with Crippen LogP contribution in [0.5, 0.6) is 0 Å². The number of rotatable bonds is 6. The lowest BCUT2D eigenvalue weighted by atomic mass is 9.91. The van der Waals surface area contributed by atoms with Gasteiger partial charge in [0.25, 0.3) is 0 Å². The van der Waals surface area contributed by atoms with E-state index in [9.17, 15) is 4.79 Å². The average molecular weight is 305 g/mol. The third-order valence-electron chi connectivity index (χ3n) is 3.63. The number of pyridine rings is 1. The Balaban J connectivity index is 2.00. The summed E-state index contributed by atoms with van der Waals surface area (Å²) in [5.74, 6) is 0.0801. The van der Waals surface area contributed by atoms with Crippen molar-refractivity contribution in [1.82, 2.24) is 15.6 Å². The molecule has 2 aromatic rings. The lowest BCUT2D eigenvalue weighted by molar-refractivity contribution is -0.129. The van der Waals surface area contributed by atoms with E-state index in [1.54, 1.807) is 11.3 Å². The molecule has 21 heavy (non-hydrogen) atoms. The standard InChI is InChI=1S/C16H23N3OS/c1-5-17-15(20)16(3,4)10-19-11(2)12-8-14-13(18-9-12)6-7-21-14/h6-9,11,19H,5,10H2,1-4H3,(H,17,20). The van der Waals surface area contributed by atoms with E-state index in [-0.39, 0.29) is 11.9 Å². The van der Waals surface area contributed by atoms with Gasteiger partial charge in [0.15, 0.2) is 0 Å². The molecule has 0 fully saturated rings. The zero-order valence-electron chi connectivity index (χ0n) is 13.1. The molecule has 4 nitrogen and oxygen atoms in total. The van der Waals surface area contributed by atoms with Gasteiger partial charge in [0.2, 0.25) is 5.91 Å². The molecule has 1 atom stereocenters. The second-order valence-corrected chi connectivity index (χ2v) is 6.87. The Kier molecular flexibility index (Phi) is 4.96. The summed E-state index contributed by atoms with van der Waals surface area (Å²) in [7, 11) is 0. The van der Waals surface area contributed by atoms with Crippen LogP contribution in [0, 0.1) is 5.41 Å². The average Bonchev–Trinajstić information content (AvgIpc) is 2.92. The molecule has 0 aliphatic heterocycles. The van der Waals surface area contributed by atoms with Gasteiger partial charge in [-0.3, -0.25) is 9.78 Å². The summed E-state index contributed by atoms with van der Waals surface area (Å²) >= 11 is 1.70. The molecule has 0 aliphatic carbocycles. The zero-order valence-corrected chi connectivity index (χ0v) is 13.9. The molecule has 114 valence electrons. The van der Waals surface area contributed by atoms with Gasteiger partial charge in [-0.25, -0.2) is 0 Å². The molecule has 0 aromatic carbocycles. The first kappa shape index (κ1) is 15.9. The summed E-state index contributed by atoms with van der Waals surface area (Å²) in [5, 5.41) is 8.37. The maximum absolute atomic E-state index is 12.0. The number of carbonyl (C=O) groups excluding carboxylic acids is 1. The Morgan fingerprint density at radius 3 is 2.95 bits per heavy atom. The van der Waals surface area contributed by atoms with Crippen LogP contribution in [0.4, 0.5) is 0 Å². The van der Waals surface area contributed by atoms with Crippen LogP contribution >= 0.6 is 11.3 Å². The number of hydrogen-bond acceptors (Lipinski definition) is 4. The summed E-state index contributed by atoms with van der Waals surface area (Å²) in [6.45, 7) is 9.24. The molecule has 0 saturated heterocycles. The number of thiophene rings is 1. The molecule has 5 heteroatoms. The largest absolute Gasteiger partial charge is 0.356 e. The molecule has 0 saturated carbocycles. The number of carbonyl (C=O) groups is 1. The first-order chi connectivity index (χ1) is 9.94. The second kappa shape index (κ2) is 6.54. The second-order valence-electron chi connectivity index (χ2n) is 5.92. The highest BCUT2D eigenvalue weighted by Crippen LogP contribution is 2.23. The predicted octanol–water partition coefficient (Wildman–Crippen LogP) is 3.11. The van der Waals surface area contributed by atoms with Crippen molar-refractivity contribution >= 4 is 27.5 Å². The minimum atomic E-state index is -0.426. The van der Waals surface area contributed by atoms with Crippen molar-refractivity contribution in [3.8, 4) is 0 Å². The maximum atomic E-state index is 12.0. The maximum Gasteiger partial charge on any atom is 0.226 e. The molecule has 0 radical (unpaired) electrons. The Labute approximate surface area is 130 Å². The fourth-order valence-corrected chi connectivity index (χ4v) is 2.89. The van der Waals surface area contributed by atoms with Gasteiger partial charge in [-0.15, -0.1) is 11.3 Å². The van der Waals surface area contributed by atoms with Crippen LogP contribution in [-0.2, 0) is 4.79 Å². The minimum Gasteiger partial charge on any atom is -0.356 e. The van der Waals surface area contributed by atoms with Gasteiger partial charge < -0.3 is 10.6 Å². The van der Waals surface area contributed by atoms with Crippen LogP contribution in [0.25, 0.3) is 10.2 Å². The molecular weight excluding hydrogens is 282 g/mol. The van der Waals surface area contributed by atoms with Crippen LogP contribution < -0.4 is 10.6 Å². The van der Waals surface area contributed by atoms with E-state index in [1.165, 1.54) is 4.70 Å². The lowest BCUT2D eigenvalue weighted by Crippen LogP contribution is -2.43. The van der Waals surface area contributed by atoms with Crippen molar-refractivity contribution in [2.75, 3.05) is 13.1 Å². The number of fused-ring (bicyclic) bond motifs is 1. The molecule has 2 aromatic heterocycles. The van der Waals surface area contributed by atoms with Gasteiger partial charge in [-0.1, -0.05) is 0 Å². The summed E-state index contributed by atoms with van der Waals surface area (Å²) in [4.78, 5) is 16.5. The summed E-state index contributed by atoms with van der Waals surface area (Å²) in [6, 6.07) is 4.36. The van der Waals surface area contributed by atoms with Gasteiger partial charge in [-0.05, 0) is 50.8 Å². The van der Waals surface area contributed by atoms with Crippen LogP contribution in [0.2, 0.25) is 0 Å². The molecule has 1 unspecified atom stereocenters. The molecule has 0 bridgehead atoms. The van der Waals surface area contributed by atoms with E-state index in [0.29, 0.717) is 13.1 Å². The third kappa shape index (κ3) is 3.80. The lowest BCUT2D eigenvalue weighted by Gasteiger charge is -2.26. The van der Waals surface area contributed by atoms with Gasteiger partial charge in [0.1, 0.15) is 0 Å². The van der Waals surface area contributed by atoms with E-state index < -0.39 is 5.41 Å². The normalized spacial score (nSPS) is 13.3. The van der Waals surface area contributed by atoms with Crippen molar-refractivity contribution in [3.05, 3.63) is 29.3 Å². The van der Waals surface area contributed by atoms with Crippen molar-refractivity contribution < 1.29 is 4.79 Å². The highest BCUT2D eigenvalue weighted by molar-refractivity contribution is 7.17. The molecule has 0 aliphatic rings. The smallest absolute Gasteiger partial charge is 0.226 e. The van der Waals surface area contributed by atoms with E-state index >= 15 is 0 Å². The summed E-state index contributed by atoms with van der Waals surface area (Å²) in [6.07, 6.45) is 1.91. The van der Waals surface area contributed by atoms with Gasteiger partial charge >= 0.3 is 0 Å². The number of nitrogens with zero attached hydrogens (tertiary/aromatic N) is 1. The van der Waals surface area contributed by atoms with Crippen LogP contribution in [0.1, 0.15) is 39.3 Å². The molecule has 2 heterocycles. The van der Waals surface area contributed by atoms with E-state index in [2.05, 4.69) is 34.0 Å². The Bertz CT molecular complexity index is 621. The van der Waals surface area contributed by atoms with Crippen molar-refractivity contribution in [1.29, 1.82) is 0 Å². The predicted molar refractivity (Wildman–Crippen MR) is 88.5 cm³/mol. The molecule has 1 amide bonds. The SMILES string of the molecule is CCNC(=O)C(C)(C)CNC(C)c1cnc2ccsc2c1. The van der Waals surface area contributed by atoms with Crippen molar-refractivity contribution in [3.63, 3.8) is 0 Å². The first-order valence-corrected chi connectivity index (χ1v) is 8.17. The monoisotopic (exact) mass is 305 g/mol. The number of hydrogen-bond donors (Lipinski definition) is 2.